The van der Waals surface area contributed by atoms with Crippen molar-refractivity contribution in [1.29, 1.82) is 0 Å². The Morgan fingerprint density at radius 1 is 1.44 bits per heavy atom. The predicted octanol–water partition coefficient (Wildman–Crippen LogP) is 3.29. The Balaban J connectivity index is 1.84. The third kappa shape index (κ3) is 3.77. The first-order valence-corrected chi connectivity index (χ1v) is 6.52. The molecule has 2 N–H and O–H groups in total. The second-order valence-corrected chi connectivity index (χ2v) is 4.94. The number of amides is 2. The fourth-order valence-corrected chi connectivity index (χ4v) is 2.11. The second kappa shape index (κ2) is 6.27. The molecule has 0 bridgehead atoms. The number of anilines is 1. The van der Waals surface area contributed by atoms with Gasteiger partial charge < -0.3 is 15.4 Å². The number of rotatable bonds is 3. The fraction of sp³-hybridized carbons (Fsp3) is 0.417. The third-order valence-corrected chi connectivity index (χ3v) is 3.26. The summed E-state index contributed by atoms with van der Waals surface area (Å²) in [4.78, 5) is 11.7. The van der Waals surface area contributed by atoms with Gasteiger partial charge in [0, 0.05) is 18.2 Å². The number of benzene rings is 1. The summed E-state index contributed by atoms with van der Waals surface area (Å²) in [6.07, 6.45) is 2.15. The summed E-state index contributed by atoms with van der Waals surface area (Å²) >= 11 is 11.8. The quantitative estimate of drug-likeness (QED) is 0.897. The van der Waals surface area contributed by atoms with Crippen molar-refractivity contribution in [2.75, 3.05) is 18.5 Å². The van der Waals surface area contributed by atoms with E-state index in [0.717, 1.165) is 19.4 Å². The molecule has 98 valence electrons. The first kappa shape index (κ1) is 13.5. The molecule has 0 saturated carbocycles. The summed E-state index contributed by atoms with van der Waals surface area (Å²) in [5, 5.41) is 6.37. The van der Waals surface area contributed by atoms with Crippen LogP contribution in [-0.2, 0) is 4.74 Å². The van der Waals surface area contributed by atoms with Crippen LogP contribution >= 0.6 is 23.2 Å². The summed E-state index contributed by atoms with van der Waals surface area (Å²) in [7, 11) is 0. The molecule has 0 spiro atoms. The number of urea groups is 1. The summed E-state index contributed by atoms with van der Waals surface area (Å²) in [6, 6.07) is 4.60. The van der Waals surface area contributed by atoms with Crippen LogP contribution in [0.2, 0.25) is 10.0 Å². The molecule has 1 fully saturated rings. The summed E-state index contributed by atoms with van der Waals surface area (Å²) in [5.74, 6) is 0. The van der Waals surface area contributed by atoms with Crippen LogP contribution in [0.15, 0.2) is 18.2 Å². The van der Waals surface area contributed by atoms with E-state index in [4.69, 9.17) is 27.9 Å². The van der Waals surface area contributed by atoms with Crippen LogP contribution in [0.4, 0.5) is 10.5 Å². The average Bonchev–Trinajstić information content (AvgIpc) is 2.84. The van der Waals surface area contributed by atoms with Crippen molar-refractivity contribution in [3.8, 4) is 0 Å². The van der Waals surface area contributed by atoms with Crippen LogP contribution < -0.4 is 10.6 Å². The number of nitrogens with one attached hydrogen (secondary N) is 2. The molecule has 1 aromatic carbocycles. The van der Waals surface area contributed by atoms with Crippen molar-refractivity contribution in [1.82, 2.24) is 5.32 Å². The van der Waals surface area contributed by atoms with Gasteiger partial charge in [-0.05, 0) is 31.0 Å². The van der Waals surface area contributed by atoms with Gasteiger partial charge in [-0.3, -0.25) is 0 Å². The molecule has 1 aliphatic heterocycles. The topological polar surface area (TPSA) is 50.4 Å². The predicted molar refractivity (Wildman–Crippen MR) is 72.5 cm³/mol. The minimum Gasteiger partial charge on any atom is -0.376 e. The van der Waals surface area contributed by atoms with E-state index in [2.05, 4.69) is 10.6 Å². The molecule has 0 aromatic heterocycles. The fourth-order valence-electron chi connectivity index (χ4n) is 1.77. The Bertz CT molecular complexity index is 434. The molecular formula is C12H14Cl2N2O2. The zero-order chi connectivity index (χ0) is 13.0. The minimum absolute atomic E-state index is 0.116. The van der Waals surface area contributed by atoms with Crippen LogP contribution in [0.5, 0.6) is 0 Å². The van der Waals surface area contributed by atoms with Crippen LogP contribution in [-0.4, -0.2) is 25.3 Å². The lowest BCUT2D eigenvalue weighted by molar-refractivity contribution is 0.112. The lowest BCUT2D eigenvalue weighted by Gasteiger charge is -2.12. The molecule has 1 saturated heterocycles. The van der Waals surface area contributed by atoms with E-state index in [1.807, 2.05) is 0 Å². The standard InChI is InChI=1S/C12H14Cl2N2O2/c13-8-3-4-10(14)11(6-8)16-12(17)15-7-9-2-1-5-18-9/h3-4,6,9H,1-2,5,7H2,(H2,15,16,17). The van der Waals surface area contributed by atoms with Crippen LogP contribution in [0.1, 0.15) is 12.8 Å². The van der Waals surface area contributed by atoms with E-state index in [9.17, 15) is 4.79 Å². The van der Waals surface area contributed by atoms with Crippen molar-refractivity contribution in [3.05, 3.63) is 28.2 Å². The molecular weight excluding hydrogens is 275 g/mol. The van der Waals surface area contributed by atoms with Gasteiger partial charge in [0.2, 0.25) is 0 Å². The van der Waals surface area contributed by atoms with Crippen molar-refractivity contribution in [2.24, 2.45) is 0 Å². The minimum atomic E-state index is -0.310. The number of hydrogen-bond acceptors (Lipinski definition) is 2. The van der Waals surface area contributed by atoms with Gasteiger partial charge in [0.15, 0.2) is 0 Å². The van der Waals surface area contributed by atoms with E-state index in [1.165, 1.54) is 0 Å². The van der Waals surface area contributed by atoms with Crippen LogP contribution in [0.3, 0.4) is 0 Å². The summed E-state index contributed by atoms with van der Waals surface area (Å²) in [6.45, 7) is 1.28. The lowest BCUT2D eigenvalue weighted by Crippen LogP contribution is -2.35. The number of carbonyl (C=O) groups excluding carboxylic acids is 1. The van der Waals surface area contributed by atoms with Crippen LogP contribution in [0, 0.1) is 0 Å². The van der Waals surface area contributed by atoms with Crippen molar-refractivity contribution >= 4 is 34.9 Å². The number of ether oxygens (including phenoxy) is 1. The Labute approximate surface area is 116 Å². The SMILES string of the molecule is O=C(NCC1CCCO1)Nc1cc(Cl)ccc1Cl. The summed E-state index contributed by atoms with van der Waals surface area (Å²) < 4.78 is 5.41. The zero-order valence-electron chi connectivity index (χ0n) is 9.71. The molecule has 4 nitrogen and oxygen atoms in total. The van der Waals surface area contributed by atoms with Crippen molar-refractivity contribution in [2.45, 2.75) is 18.9 Å². The Morgan fingerprint density at radius 3 is 3.00 bits per heavy atom. The largest absolute Gasteiger partial charge is 0.376 e. The van der Waals surface area contributed by atoms with Gasteiger partial charge >= 0.3 is 6.03 Å². The van der Waals surface area contributed by atoms with E-state index in [0.29, 0.717) is 22.3 Å². The van der Waals surface area contributed by atoms with Gasteiger partial charge in [-0.1, -0.05) is 23.2 Å². The maximum atomic E-state index is 11.7. The van der Waals surface area contributed by atoms with Gasteiger partial charge in [0.25, 0.3) is 0 Å². The van der Waals surface area contributed by atoms with Gasteiger partial charge in [0.1, 0.15) is 0 Å². The zero-order valence-corrected chi connectivity index (χ0v) is 11.2. The molecule has 1 aromatic rings. The Hall–Kier alpha value is -0.970. The second-order valence-electron chi connectivity index (χ2n) is 4.09. The maximum absolute atomic E-state index is 11.7. The average molecular weight is 289 g/mol. The Kier molecular flexibility index (Phi) is 4.69. The van der Waals surface area contributed by atoms with Gasteiger partial charge in [-0.15, -0.1) is 0 Å². The molecule has 1 unspecified atom stereocenters. The number of halogens is 2. The molecule has 1 heterocycles. The molecule has 6 heteroatoms. The molecule has 2 amide bonds. The number of hydrogen-bond donors (Lipinski definition) is 2. The molecule has 18 heavy (non-hydrogen) atoms. The van der Waals surface area contributed by atoms with E-state index in [-0.39, 0.29) is 12.1 Å². The lowest BCUT2D eigenvalue weighted by atomic mass is 10.2. The molecule has 1 atom stereocenters. The third-order valence-electron chi connectivity index (χ3n) is 2.69. The number of carbonyl (C=O) groups is 1. The monoisotopic (exact) mass is 288 g/mol. The van der Waals surface area contributed by atoms with E-state index >= 15 is 0 Å². The van der Waals surface area contributed by atoms with Gasteiger partial charge in [-0.25, -0.2) is 4.79 Å². The van der Waals surface area contributed by atoms with Crippen LogP contribution in [0.25, 0.3) is 0 Å². The van der Waals surface area contributed by atoms with Crippen molar-refractivity contribution in [3.63, 3.8) is 0 Å². The van der Waals surface area contributed by atoms with E-state index < -0.39 is 0 Å². The smallest absolute Gasteiger partial charge is 0.319 e. The highest BCUT2D eigenvalue weighted by molar-refractivity contribution is 6.35. The highest BCUT2D eigenvalue weighted by atomic mass is 35.5. The van der Waals surface area contributed by atoms with Gasteiger partial charge in [0.05, 0.1) is 16.8 Å². The van der Waals surface area contributed by atoms with Gasteiger partial charge in [-0.2, -0.15) is 0 Å². The molecule has 2 rings (SSSR count). The normalized spacial score (nSPS) is 18.7. The van der Waals surface area contributed by atoms with E-state index in [1.54, 1.807) is 18.2 Å². The highest BCUT2D eigenvalue weighted by Crippen LogP contribution is 2.25. The first-order valence-electron chi connectivity index (χ1n) is 5.76. The van der Waals surface area contributed by atoms with Crippen molar-refractivity contribution < 1.29 is 9.53 Å². The summed E-state index contributed by atoms with van der Waals surface area (Å²) in [5.41, 5.74) is 0.494. The maximum Gasteiger partial charge on any atom is 0.319 e. The molecule has 0 radical (unpaired) electrons. The Morgan fingerprint density at radius 2 is 2.28 bits per heavy atom. The highest BCUT2D eigenvalue weighted by Gasteiger charge is 2.16. The first-order chi connectivity index (χ1) is 8.65. The molecule has 0 aliphatic carbocycles. The molecule has 1 aliphatic rings.